The van der Waals surface area contributed by atoms with Gasteiger partial charge in [0.2, 0.25) is 0 Å². The highest BCUT2D eigenvalue weighted by molar-refractivity contribution is 8.10. The minimum Gasteiger partial charge on any atom is -0.457 e. The average Bonchev–Trinajstić information content (AvgIpc) is 2.64. The van der Waals surface area contributed by atoms with E-state index in [-0.39, 0.29) is 11.5 Å². The van der Waals surface area contributed by atoms with Gasteiger partial charge in [-0.05, 0) is 66.7 Å². The van der Waals surface area contributed by atoms with Crippen molar-refractivity contribution in [1.82, 2.24) is 0 Å². The molecule has 0 aliphatic carbocycles. The van der Waals surface area contributed by atoms with E-state index in [1.165, 1.54) is 30.3 Å². The number of carbonyl (C=O) groups is 1. The van der Waals surface area contributed by atoms with Crippen LogP contribution >= 0.6 is 33.9 Å². The quantitative estimate of drug-likeness (QED) is 0.341. The van der Waals surface area contributed by atoms with Crippen LogP contribution < -0.4 is 8.92 Å². The van der Waals surface area contributed by atoms with Crippen molar-refractivity contribution >= 4 is 49.0 Å². The van der Waals surface area contributed by atoms with Crippen molar-refractivity contribution in [3.8, 4) is 17.2 Å². The maximum atomic E-state index is 12.6. The lowest BCUT2D eigenvalue weighted by atomic mass is 10.0. The first-order chi connectivity index (χ1) is 13.2. The highest BCUT2D eigenvalue weighted by Crippen LogP contribution is 2.27. The Labute approximate surface area is 176 Å². The zero-order valence-corrected chi connectivity index (χ0v) is 17.0. The molecule has 0 aliphatic heterocycles. The molecule has 0 fully saturated rings. The third-order valence-electron chi connectivity index (χ3n) is 3.54. The minimum atomic E-state index is -4.11. The summed E-state index contributed by atoms with van der Waals surface area (Å²) in [7, 11) is 0.907. The van der Waals surface area contributed by atoms with Crippen molar-refractivity contribution in [2.75, 3.05) is 0 Å². The first kappa shape index (κ1) is 20.5. The SMILES string of the molecule is O=C(c1ccc(Oc2ccc(OS(=O)(=O)Cl)cc2)cc1)c1cc(Cl)ccc1Cl. The van der Waals surface area contributed by atoms with Crippen LogP contribution in [0.4, 0.5) is 0 Å². The van der Waals surface area contributed by atoms with Crippen LogP contribution in [0.1, 0.15) is 15.9 Å². The topological polar surface area (TPSA) is 69.7 Å². The van der Waals surface area contributed by atoms with Gasteiger partial charge in [0.15, 0.2) is 5.78 Å². The van der Waals surface area contributed by atoms with Gasteiger partial charge in [-0.3, -0.25) is 4.79 Å². The van der Waals surface area contributed by atoms with E-state index in [0.717, 1.165) is 0 Å². The Balaban J connectivity index is 1.72. The molecule has 0 aromatic heterocycles. The molecule has 0 heterocycles. The molecule has 0 amide bonds. The van der Waals surface area contributed by atoms with Crippen LogP contribution in [0.25, 0.3) is 0 Å². The van der Waals surface area contributed by atoms with Gasteiger partial charge in [-0.25, -0.2) is 0 Å². The maximum Gasteiger partial charge on any atom is 0.401 e. The third-order valence-corrected chi connectivity index (χ3v) is 4.69. The van der Waals surface area contributed by atoms with E-state index in [4.69, 9.17) is 38.6 Å². The lowest BCUT2D eigenvalue weighted by Crippen LogP contribution is -2.02. The van der Waals surface area contributed by atoms with E-state index in [2.05, 4.69) is 4.18 Å². The zero-order valence-electron chi connectivity index (χ0n) is 13.9. The van der Waals surface area contributed by atoms with Gasteiger partial charge >= 0.3 is 9.33 Å². The number of benzene rings is 3. The summed E-state index contributed by atoms with van der Waals surface area (Å²) in [5.74, 6) is 0.716. The monoisotopic (exact) mass is 456 g/mol. The summed E-state index contributed by atoms with van der Waals surface area (Å²) in [6.07, 6.45) is 0. The van der Waals surface area contributed by atoms with E-state index in [1.54, 1.807) is 36.4 Å². The van der Waals surface area contributed by atoms with Crippen LogP contribution in [0.3, 0.4) is 0 Å². The number of rotatable bonds is 6. The van der Waals surface area contributed by atoms with Gasteiger partial charge in [-0.1, -0.05) is 23.2 Å². The number of carbonyl (C=O) groups excluding carboxylic acids is 1. The number of hydrogen-bond donors (Lipinski definition) is 0. The molecule has 0 unspecified atom stereocenters. The molecule has 0 radical (unpaired) electrons. The van der Waals surface area contributed by atoms with E-state index in [1.807, 2.05) is 0 Å². The van der Waals surface area contributed by atoms with Crippen LogP contribution in [0, 0.1) is 0 Å². The number of hydrogen-bond acceptors (Lipinski definition) is 5. The lowest BCUT2D eigenvalue weighted by molar-refractivity contribution is 0.103. The molecule has 144 valence electrons. The molecule has 0 atom stereocenters. The van der Waals surface area contributed by atoms with Gasteiger partial charge in [0.25, 0.3) is 0 Å². The van der Waals surface area contributed by atoms with Crippen LogP contribution in [0.15, 0.2) is 66.7 Å². The molecule has 0 N–H and O–H groups in total. The summed E-state index contributed by atoms with van der Waals surface area (Å²) in [5.41, 5.74) is 0.736. The second kappa shape index (κ2) is 8.41. The van der Waals surface area contributed by atoms with Gasteiger partial charge in [0.05, 0.1) is 15.7 Å². The molecule has 5 nitrogen and oxygen atoms in total. The predicted molar refractivity (Wildman–Crippen MR) is 108 cm³/mol. The lowest BCUT2D eigenvalue weighted by Gasteiger charge is -2.08. The van der Waals surface area contributed by atoms with Gasteiger partial charge in [0, 0.05) is 16.1 Å². The zero-order chi connectivity index (χ0) is 20.3. The summed E-state index contributed by atoms with van der Waals surface area (Å²) in [6.45, 7) is 0. The summed E-state index contributed by atoms with van der Waals surface area (Å²) in [5, 5.41) is 0.734. The molecule has 0 bridgehead atoms. The first-order valence-electron chi connectivity index (χ1n) is 7.73. The van der Waals surface area contributed by atoms with Crippen molar-refractivity contribution in [1.29, 1.82) is 0 Å². The van der Waals surface area contributed by atoms with Crippen LogP contribution in [-0.4, -0.2) is 14.2 Å². The molecular formula is C19H11Cl3O5S. The molecule has 0 saturated heterocycles. The fraction of sp³-hybridized carbons (Fsp3) is 0. The largest absolute Gasteiger partial charge is 0.457 e. The Morgan fingerprint density at radius 1 is 0.786 bits per heavy atom. The molecule has 0 saturated carbocycles. The second-order valence-electron chi connectivity index (χ2n) is 5.53. The van der Waals surface area contributed by atoms with Crippen LogP contribution in [-0.2, 0) is 9.33 Å². The van der Waals surface area contributed by atoms with Gasteiger partial charge < -0.3 is 8.92 Å². The summed E-state index contributed by atoms with van der Waals surface area (Å²) in [4.78, 5) is 12.6. The van der Waals surface area contributed by atoms with E-state index in [0.29, 0.717) is 32.7 Å². The molecule has 3 aromatic rings. The van der Waals surface area contributed by atoms with E-state index >= 15 is 0 Å². The second-order valence-corrected chi connectivity index (χ2v) is 8.46. The van der Waals surface area contributed by atoms with Crippen molar-refractivity contribution < 1.29 is 22.1 Å². The smallest absolute Gasteiger partial charge is 0.401 e. The molecule has 3 rings (SSSR count). The summed E-state index contributed by atoms with van der Waals surface area (Å²) >= 11 is 12.0. The van der Waals surface area contributed by atoms with Crippen molar-refractivity contribution in [2.45, 2.75) is 0 Å². The third kappa shape index (κ3) is 5.39. The highest BCUT2D eigenvalue weighted by atomic mass is 35.7. The molecular weight excluding hydrogens is 447 g/mol. The Bertz CT molecular complexity index is 1110. The maximum absolute atomic E-state index is 12.6. The minimum absolute atomic E-state index is 0.0571. The molecule has 9 heteroatoms. The van der Waals surface area contributed by atoms with Gasteiger partial charge in [-0.2, -0.15) is 8.42 Å². The average molecular weight is 458 g/mol. The standard InChI is InChI=1S/C19H11Cl3O5S/c20-13-3-10-18(21)17(11-13)19(23)12-1-4-14(5-2-12)26-15-6-8-16(9-7-15)27-28(22,24)25/h1-11H. The Kier molecular flexibility index (Phi) is 6.15. The van der Waals surface area contributed by atoms with E-state index in [9.17, 15) is 13.2 Å². The van der Waals surface area contributed by atoms with Gasteiger partial charge in [0.1, 0.15) is 17.2 Å². The molecule has 3 aromatic carbocycles. The number of ketones is 1. The Hall–Kier alpha value is -2.25. The number of halogens is 3. The molecule has 0 aliphatic rings. The fourth-order valence-corrected chi connectivity index (χ4v) is 3.25. The normalized spacial score (nSPS) is 11.1. The van der Waals surface area contributed by atoms with Gasteiger partial charge in [-0.15, -0.1) is 0 Å². The Morgan fingerprint density at radius 3 is 1.89 bits per heavy atom. The van der Waals surface area contributed by atoms with Crippen LogP contribution in [0.2, 0.25) is 10.0 Å². The predicted octanol–water partition coefficient (Wildman–Crippen LogP) is 5.88. The van der Waals surface area contributed by atoms with Crippen molar-refractivity contribution in [2.24, 2.45) is 0 Å². The molecule has 28 heavy (non-hydrogen) atoms. The number of ether oxygens (including phenoxy) is 1. The first-order valence-corrected chi connectivity index (χ1v) is 10.7. The summed E-state index contributed by atoms with van der Waals surface area (Å²) < 4.78 is 31.9. The highest BCUT2D eigenvalue weighted by Gasteiger charge is 2.14. The van der Waals surface area contributed by atoms with Crippen molar-refractivity contribution in [3.05, 3.63) is 87.9 Å². The van der Waals surface area contributed by atoms with E-state index < -0.39 is 9.33 Å². The fourth-order valence-electron chi connectivity index (χ4n) is 2.32. The van der Waals surface area contributed by atoms with Crippen LogP contribution in [0.5, 0.6) is 17.2 Å². The molecule has 0 spiro atoms. The Morgan fingerprint density at radius 2 is 1.32 bits per heavy atom. The summed E-state index contributed by atoms with van der Waals surface area (Å²) in [6, 6.07) is 17.0. The van der Waals surface area contributed by atoms with Crippen molar-refractivity contribution in [3.63, 3.8) is 0 Å².